The van der Waals surface area contributed by atoms with Crippen LogP contribution in [0.1, 0.15) is 10.4 Å². The third-order valence-electron chi connectivity index (χ3n) is 3.66. The molecule has 0 saturated carbocycles. The Hall–Kier alpha value is -2.57. The van der Waals surface area contributed by atoms with Crippen LogP contribution >= 0.6 is 27.3 Å². The fourth-order valence-corrected chi connectivity index (χ4v) is 3.84. The quantitative estimate of drug-likeness (QED) is 0.494. The molecule has 0 aliphatic rings. The number of anilines is 1. The molecular weight excluding hydrogens is 398 g/mol. The number of aromatic nitrogens is 2. The van der Waals surface area contributed by atoms with Crippen molar-refractivity contribution in [2.24, 2.45) is 0 Å². The Morgan fingerprint density at radius 2 is 1.80 bits per heavy atom. The molecule has 2 heterocycles. The summed E-state index contributed by atoms with van der Waals surface area (Å²) in [6.45, 7) is 0. The first-order valence-electron chi connectivity index (χ1n) is 7.58. The number of halogens is 1. The minimum atomic E-state index is -0.201. The third-order valence-corrected chi connectivity index (χ3v) is 5.44. The molecule has 0 radical (unpaired) electrons. The van der Waals surface area contributed by atoms with Crippen LogP contribution < -0.4 is 5.32 Å². The highest BCUT2D eigenvalue weighted by atomic mass is 79.9. The molecule has 0 bridgehead atoms. The maximum Gasteiger partial charge on any atom is 0.257 e. The highest BCUT2D eigenvalue weighted by Crippen LogP contribution is 2.30. The number of carbonyl (C=O) groups is 1. The van der Waals surface area contributed by atoms with E-state index in [0.717, 1.165) is 25.3 Å². The van der Waals surface area contributed by atoms with Gasteiger partial charge in [-0.15, -0.1) is 11.3 Å². The molecule has 0 atom stereocenters. The Morgan fingerprint density at radius 1 is 1.00 bits per heavy atom. The fourth-order valence-electron chi connectivity index (χ4n) is 2.42. The molecule has 4 rings (SSSR count). The van der Waals surface area contributed by atoms with Gasteiger partial charge in [0.25, 0.3) is 5.91 Å². The molecule has 0 aliphatic carbocycles. The predicted molar refractivity (Wildman–Crippen MR) is 105 cm³/mol. The summed E-state index contributed by atoms with van der Waals surface area (Å²) in [4.78, 5) is 21.3. The molecule has 1 N–H and O–H groups in total. The lowest BCUT2D eigenvalue weighted by molar-refractivity contribution is 0.102. The van der Waals surface area contributed by atoms with Gasteiger partial charge in [0.15, 0.2) is 0 Å². The molecule has 0 aliphatic heterocycles. The van der Waals surface area contributed by atoms with Crippen molar-refractivity contribution < 1.29 is 4.79 Å². The second-order valence-corrected chi connectivity index (χ2v) is 7.24. The number of carbonyl (C=O) groups excluding carboxylic acids is 1. The van der Waals surface area contributed by atoms with E-state index in [4.69, 9.17) is 0 Å². The molecule has 0 saturated heterocycles. The van der Waals surface area contributed by atoms with Crippen molar-refractivity contribution >= 4 is 49.2 Å². The van der Waals surface area contributed by atoms with Crippen LogP contribution in [0.25, 0.3) is 20.8 Å². The summed E-state index contributed by atoms with van der Waals surface area (Å²) in [6.07, 6.45) is 1.73. The van der Waals surface area contributed by atoms with Crippen LogP contribution in [-0.2, 0) is 0 Å². The summed E-state index contributed by atoms with van der Waals surface area (Å²) in [6, 6.07) is 19.0. The van der Waals surface area contributed by atoms with Gasteiger partial charge in [-0.2, -0.15) is 0 Å². The second-order valence-electron chi connectivity index (χ2n) is 5.35. The molecule has 1 amide bonds. The van der Waals surface area contributed by atoms with Crippen LogP contribution in [0.3, 0.4) is 0 Å². The summed E-state index contributed by atoms with van der Waals surface area (Å²) < 4.78 is 1.89. The maximum absolute atomic E-state index is 12.3. The lowest BCUT2D eigenvalue weighted by Gasteiger charge is -2.06. The number of hydrogen-bond acceptors (Lipinski definition) is 4. The van der Waals surface area contributed by atoms with Crippen molar-refractivity contribution in [1.82, 2.24) is 9.97 Å². The number of fused-ring (bicyclic) bond motifs is 1. The smallest absolute Gasteiger partial charge is 0.257 e. The van der Waals surface area contributed by atoms with Gasteiger partial charge in [-0.1, -0.05) is 24.3 Å². The van der Waals surface area contributed by atoms with Crippen molar-refractivity contribution in [3.05, 3.63) is 76.9 Å². The minimum Gasteiger partial charge on any atom is -0.307 e. The number of nitrogens with one attached hydrogen (secondary N) is 1. The maximum atomic E-state index is 12.3. The van der Waals surface area contributed by atoms with E-state index in [1.165, 1.54) is 0 Å². The summed E-state index contributed by atoms with van der Waals surface area (Å²) in [5.74, 6) is 0.304. The Labute approximate surface area is 156 Å². The molecule has 0 spiro atoms. The van der Waals surface area contributed by atoms with Gasteiger partial charge in [-0.05, 0) is 52.3 Å². The number of hydrogen-bond donors (Lipinski definition) is 1. The molecule has 25 heavy (non-hydrogen) atoms. The van der Waals surface area contributed by atoms with Gasteiger partial charge in [-0.3, -0.25) is 4.79 Å². The molecular formula is C19H12BrN3OS. The van der Waals surface area contributed by atoms with E-state index in [2.05, 4.69) is 37.3 Å². The molecule has 6 heteroatoms. The topological polar surface area (TPSA) is 54.9 Å². The summed E-state index contributed by atoms with van der Waals surface area (Å²) in [7, 11) is 0. The van der Waals surface area contributed by atoms with Crippen molar-refractivity contribution in [1.29, 1.82) is 0 Å². The number of thiazole rings is 1. The monoisotopic (exact) mass is 409 g/mol. The van der Waals surface area contributed by atoms with Crippen molar-refractivity contribution in [3.63, 3.8) is 0 Å². The summed E-state index contributed by atoms with van der Waals surface area (Å²) in [5, 5.41) is 3.72. The van der Waals surface area contributed by atoms with Crippen LogP contribution in [0.4, 0.5) is 5.82 Å². The van der Waals surface area contributed by atoms with Crippen LogP contribution in [0.2, 0.25) is 0 Å². The number of rotatable bonds is 3. The second kappa shape index (κ2) is 6.74. The number of nitrogens with zero attached hydrogens (tertiary/aromatic N) is 2. The molecule has 0 unspecified atom stereocenters. The van der Waals surface area contributed by atoms with Gasteiger partial charge in [-0.25, -0.2) is 9.97 Å². The van der Waals surface area contributed by atoms with E-state index in [-0.39, 0.29) is 5.91 Å². The first-order valence-corrected chi connectivity index (χ1v) is 9.19. The van der Waals surface area contributed by atoms with Gasteiger partial charge >= 0.3 is 0 Å². The molecule has 0 fully saturated rings. The van der Waals surface area contributed by atoms with Crippen LogP contribution in [0, 0.1) is 0 Å². The van der Waals surface area contributed by atoms with Crippen molar-refractivity contribution in [3.8, 4) is 10.6 Å². The normalized spacial score (nSPS) is 10.8. The van der Waals surface area contributed by atoms with E-state index in [0.29, 0.717) is 11.4 Å². The lowest BCUT2D eigenvalue weighted by atomic mass is 10.2. The Morgan fingerprint density at radius 3 is 2.56 bits per heavy atom. The summed E-state index contributed by atoms with van der Waals surface area (Å²) >= 11 is 5.01. The average Bonchev–Trinajstić information content (AvgIpc) is 3.07. The Bertz CT molecular complexity index is 1030. The van der Waals surface area contributed by atoms with Crippen LogP contribution in [0.5, 0.6) is 0 Å². The van der Waals surface area contributed by atoms with E-state index in [1.807, 2.05) is 42.5 Å². The van der Waals surface area contributed by atoms with E-state index in [1.54, 1.807) is 29.7 Å². The van der Waals surface area contributed by atoms with Gasteiger partial charge < -0.3 is 5.32 Å². The lowest BCUT2D eigenvalue weighted by Crippen LogP contribution is -2.13. The molecule has 2 aromatic carbocycles. The predicted octanol–water partition coefficient (Wildman–Crippen LogP) is 5.37. The highest BCUT2D eigenvalue weighted by Gasteiger charge is 2.11. The van der Waals surface area contributed by atoms with Crippen molar-refractivity contribution in [2.45, 2.75) is 0 Å². The van der Waals surface area contributed by atoms with E-state index >= 15 is 0 Å². The molecule has 4 nitrogen and oxygen atoms in total. The zero-order chi connectivity index (χ0) is 17.2. The fraction of sp³-hybridized carbons (Fsp3) is 0. The number of para-hydroxylation sites is 1. The van der Waals surface area contributed by atoms with E-state index < -0.39 is 0 Å². The van der Waals surface area contributed by atoms with Gasteiger partial charge in [0, 0.05) is 16.2 Å². The van der Waals surface area contributed by atoms with Gasteiger partial charge in [0.05, 0.1) is 15.8 Å². The van der Waals surface area contributed by atoms with Gasteiger partial charge in [0.1, 0.15) is 10.8 Å². The third kappa shape index (κ3) is 3.31. The van der Waals surface area contributed by atoms with Crippen LogP contribution in [-0.4, -0.2) is 15.9 Å². The Balaban J connectivity index is 1.56. The molecule has 2 aromatic heterocycles. The number of benzene rings is 2. The molecule has 122 valence electrons. The van der Waals surface area contributed by atoms with Gasteiger partial charge in [0.2, 0.25) is 0 Å². The number of pyridine rings is 1. The summed E-state index contributed by atoms with van der Waals surface area (Å²) in [5.41, 5.74) is 2.48. The zero-order valence-electron chi connectivity index (χ0n) is 12.9. The number of amides is 1. The van der Waals surface area contributed by atoms with E-state index in [9.17, 15) is 4.79 Å². The zero-order valence-corrected chi connectivity index (χ0v) is 15.3. The standard InChI is InChI=1S/C19H12BrN3OS/c20-14-6-2-1-5-13(14)18(24)23-17-10-9-12(11-21-17)19-22-15-7-3-4-8-16(15)25-19/h1-11H,(H,21,23,24). The minimum absolute atomic E-state index is 0.201. The molecule has 4 aromatic rings. The Kier molecular flexibility index (Phi) is 4.29. The van der Waals surface area contributed by atoms with Crippen molar-refractivity contribution in [2.75, 3.05) is 5.32 Å². The SMILES string of the molecule is O=C(Nc1ccc(-c2nc3ccccc3s2)cn1)c1ccccc1Br. The highest BCUT2D eigenvalue weighted by molar-refractivity contribution is 9.10. The average molecular weight is 410 g/mol. The largest absolute Gasteiger partial charge is 0.307 e. The first-order chi connectivity index (χ1) is 12.2. The van der Waals surface area contributed by atoms with Crippen LogP contribution in [0.15, 0.2) is 71.3 Å². The first kappa shape index (κ1) is 15.9.